The minimum absolute atomic E-state index is 0.0967. The molecule has 0 aromatic carbocycles. The van der Waals surface area contributed by atoms with Crippen LogP contribution in [0, 0.1) is 3.90 Å². The molecule has 1 rings (SSSR count). The van der Waals surface area contributed by atoms with E-state index >= 15 is 0 Å². The van der Waals surface area contributed by atoms with Crippen molar-refractivity contribution in [2.45, 2.75) is 0 Å². The first-order valence-corrected chi connectivity index (χ1v) is 3.19. The summed E-state index contributed by atoms with van der Waals surface area (Å²) in [6.45, 7) is 0. The number of carbonyl (C=O) groups is 1. The minimum Gasteiger partial charge on any atom is -0.427 e. The fourth-order valence-electron chi connectivity index (χ4n) is 0.367. The maximum Gasteiger partial charge on any atom is 0.286 e. The zero-order chi connectivity index (χ0) is 6.85. The Hall–Kier alpha value is -0.590. The summed E-state index contributed by atoms with van der Waals surface area (Å²) in [7, 11) is 0. The van der Waals surface area contributed by atoms with Crippen molar-refractivity contribution in [3.8, 4) is 0 Å². The Morgan fingerprint density at radius 1 is 1.89 bits per heavy atom. The lowest BCUT2D eigenvalue weighted by molar-refractivity contribution is 0.0972. The number of amides is 1. The van der Waals surface area contributed by atoms with Gasteiger partial charge in [-0.1, -0.05) is 0 Å². The highest BCUT2D eigenvalue weighted by atomic mass is 127. The van der Waals surface area contributed by atoms with Gasteiger partial charge in [0.1, 0.15) is 0 Å². The third-order valence-electron chi connectivity index (χ3n) is 0.720. The molecule has 1 aromatic heterocycles. The predicted molar refractivity (Wildman–Crippen MR) is 37.7 cm³/mol. The molecule has 0 spiro atoms. The third-order valence-corrected chi connectivity index (χ3v) is 1.22. The molecule has 2 N–H and O–H groups in total. The van der Waals surface area contributed by atoms with Crippen LogP contribution in [0.3, 0.4) is 0 Å². The standard InChI is InChI=1S/C4H3IN2O2/c5-4-7-1-2(9-4)3(6)8/h1H,(H2,6,8). The molecule has 0 unspecified atom stereocenters. The van der Waals surface area contributed by atoms with Crippen molar-refractivity contribution >= 4 is 28.5 Å². The van der Waals surface area contributed by atoms with E-state index in [4.69, 9.17) is 10.2 Å². The summed E-state index contributed by atoms with van der Waals surface area (Å²) in [4.78, 5) is 14.0. The number of hydrogen-bond donors (Lipinski definition) is 1. The molecule has 0 radical (unpaired) electrons. The lowest BCUT2D eigenvalue weighted by Gasteiger charge is -1.80. The lowest BCUT2D eigenvalue weighted by atomic mass is 10.5. The predicted octanol–water partition coefficient (Wildman–Crippen LogP) is 0.378. The van der Waals surface area contributed by atoms with Gasteiger partial charge in [0.05, 0.1) is 6.20 Å². The summed E-state index contributed by atoms with van der Waals surface area (Å²) in [6, 6.07) is 0. The van der Waals surface area contributed by atoms with Crippen LogP contribution in [-0.2, 0) is 0 Å². The molecule has 4 nitrogen and oxygen atoms in total. The largest absolute Gasteiger partial charge is 0.427 e. The summed E-state index contributed by atoms with van der Waals surface area (Å²) in [5.74, 6) is -0.496. The van der Waals surface area contributed by atoms with Crippen LogP contribution in [0.4, 0.5) is 0 Å². The van der Waals surface area contributed by atoms with E-state index in [0.717, 1.165) is 0 Å². The van der Waals surface area contributed by atoms with Gasteiger partial charge in [-0.15, -0.1) is 0 Å². The molecule has 1 amide bonds. The topological polar surface area (TPSA) is 69.1 Å². The first kappa shape index (κ1) is 6.53. The van der Waals surface area contributed by atoms with E-state index in [9.17, 15) is 4.79 Å². The highest BCUT2D eigenvalue weighted by molar-refractivity contribution is 14.1. The van der Waals surface area contributed by atoms with Gasteiger partial charge in [-0.05, 0) is 0 Å². The van der Waals surface area contributed by atoms with E-state index in [1.165, 1.54) is 6.20 Å². The maximum atomic E-state index is 10.3. The van der Waals surface area contributed by atoms with E-state index in [-0.39, 0.29) is 5.76 Å². The molecule has 0 aliphatic heterocycles. The van der Waals surface area contributed by atoms with E-state index < -0.39 is 5.91 Å². The Labute approximate surface area is 64.6 Å². The number of nitrogens with two attached hydrogens (primary N) is 1. The highest BCUT2D eigenvalue weighted by Crippen LogP contribution is 2.03. The van der Waals surface area contributed by atoms with E-state index in [1.807, 2.05) is 22.6 Å². The number of primary amides is 1. The van der Waals surface area contributed by atoms with Gasteiger partial charge < -0.3 is 10.2 Å². The molecule has 9 heavy (non-hydrogen) atoms. The van der Waals surface area contributed by atoms with Gasteiger partial charge in [0, 0.05) is 22.6 Å². The van der Waals surface area contributed by atoms with Gasteiger partial charge in [0.2, 0.25) is 5.76 Å². The number of aromatic nitrogens is 1. The molecule has 1 heterocycles. The first-order valence-electron chi connectivity index (χ1n) is 2.11. The smallest absolute Gasteiger partial charge is 0.286 e. The molecule has 0 atom stereocenters. The minimum atomic E-state index is -0.592. The Morgan fingerprint density at radius 2 is 2.56 bits per heavy atom. The van der Waals surface area contributed by atoms with Crippen molar-refractivity contribution in [1.29, 1.82) is 0 Å². The van der Waals surface area contributed by atoms with Crippen molar-refractivity contribution < 1.29 is 9.21 Å². The average Bonchev–Trinajstić information content (AvgIpc) is 2.14. The van der Waals surface area contributed by atoms with Crippen LogP contribution in [-0.4, -0.2) is 10.9 Å². The second kappa shape index (κ2) is 2.34. The zero-order valence-electron chi connectivity index (χ0n) is 4.30. The lowest BCUT2D eigenvalue weighted by Crippen LogP contribution is -2.09. The second-order valence-electron chi connectivity index (χ2n) is 1.34. The summed E-state index contributed by atoms with van der Waals surface area (Å²) < 4.78 is 5.16. The number of hydrogen-bond acceptors (Lipinski definition) is 3. The van der Waals surface area contributed by atoms with Crippen LogP contribution >= 0.6 is 22.6 Å². The third kappa shape index (κ3) is 1.41. The van der Waals surface area contributed by atoms with Gasteiger partial charge >= 0.3 is 0 Å². The van der Waals surface area contributed by atoms with Gasteiger partial charge in [0.25, 0.3) is 9.80 Å². The van der Waals surface area contributed by atoms with Crippen molar-refractivity contribution in [3.63, 3.8) is 0 Å². The molecule has 0 saturated heterocycles. The summed E-state index contributed by atoms with van der Waals surface area (Å²) in [6.07, 6.45) is 1.30. The van der Waals surface area contributed by atoms with Crippen molar-refractivity contribution in [2.24, 2.45) is 5.73 Å². The average molecular weight is 238 g/mol. The van der Waals surface area contributed by atoms with Gasteiger partial charge in [-0.3, -0.25) is 4.79 Å². The van der Waals surface area contributed by atoms with E-state index in [1.54, 1.807) is 0 Å². The molecule has 0 fully saturated rings. The molecular formula is C4H3IN2O2. The fourth-order valence-corrected chi connectivity index (χ4v) is 0.743. The van der Waals surface area contributed by atoms with Crippen LogP contribution in [0.25, 0.3) is 0 Å². The molecular weight excluding hydrogens is 235 g/mol. The highest BCUT2D eigenvalue weighted by Gasteiger charge is 2.04. The number of halogens is 1. The molecule has 0 bridgehead atoms. The van der Waals surface area contributed by atoms with Gasteiger partial charge in [-0.2, -0.15) is 0 Å². The number of oxazole rings is 1. The molecule has 1 aromatic rings. The van der Waals surface area contributed by atoms with Crippen molar-refractivity contribution in [1.82, 2.24) is 4.98 Å². The number of rotatable bonds is 1. The Bertz CT molecular complexity index is 232. The Kier molecular flexibility index (Phi) is 1.70. The van der Waals surface area contributed by atoms with Crippen LogP contribution < -0.4 is 5.73 Å². The van der Waals surface area contributed by atoms with Gasteiger partial charge in [0.15, 0.2) is 0 Å². The van der Waals surface area contributed by atoms with Crippen LogP contribution in [0.1, 0.15) is 10.6 Å². The SMILES string of the molecule is NC(=O)c1cnc(I)o1. The first-order chi connectivity index (χ1) is 4.20. The van der Waals surface area contributed by atoms with Crippen molar-refractivity contribution in [3.05, 3.63) is 15.9 Å². The molecule has 0 aliphatic carbocycles. The van der Waals surface area contributed by atoms with Crippen LogP contribution in [0.15, 0.2) is 10.6 Å². The quantitative estimate of drug-likeness (QED) is 0.719. The monoisotopic (exact) mass is 238 g/mol. The second-order valence-corrected chi connectivity index (χ2v) is 2.26. The van der Waals surface area contributed by atoms with E-state index in [0.29, 0.717) is 3.90 Å². The molecule has 0 aliphatic rings. The zero-order valence-corrected chi connectivity index (χ0v) is 6.45. The Morgan fingerprint density at radius 3 is 2.78 bits per heavy atom. The number of nitrogens with zero attached hydrogens (tertiary/aromatic N) is 1. The van der Waals surface area contributed by atoms with Gasteiger partial charge in [-0.25, -0.2) is 4.98 Å². The van der Waals surface area contributed by atoms with Crippen LogP contribution in [0.5, 0.6) is 0 Å². The van der Waals surface area contributed by atoms with Crippen molar-refractivity contribution in [2.75, 3.05) is 0 Å². The summed E-state index contributed by atoms with van der Waals surface area (Å²) in [5.41, 5.74) is 4.85. The fraction of sp³-hybridized carbons (Fsp3) is 0. The maximum absolute atomic E-state index is 10.3. The Balaban J connectivity index is 2.98. The number of carbonyl (C=O) groups excluding carboxylic acids is 1. The van der Waals surface area contributed by atoms with Crippen LogP contribution in [0.2, 0.25) is 0 Å². The normalized spacial score (nSPS) is 9.44. The molecule has 0 saturated carbocycles. The van der Waals surface area contributed by atoms with E-state index in [2.05, 4.69) is 4.98 Å². The summed E-state index contributed by atoms with van der Waals surface area (Å²) >= 11 is 1.85. The molecule has 5 heteroatoms. The molecule has 48 valence electrons. The summed E-state index contributed by atoms with van der Waals surface area (Å²) in [5, 5.41) is 0.